The molecule has 0 aromatic carbocycles. The maximum absolute atomic E-state index is 12.1. The summed E-state index contributed by atoms with van der Waals surface area (Å²) >= 11 is 0. The van der Waals surface area contributed by atoms with Gasteiger partial charge in [0.25, 0.3) is 0 Å². The number of hydrogen-bond acceptors (Lipinski definition) is 4. The van der Waals surface area contributed by atoms with Gasteiger partial charge in [-0.2, -0.15) is 0 Å². The van der Waals surface area contributed by atoms with Gasteiger partial charge in [0.1, 0.15) is 0 Å². The Hall–Kier alpha value is -1.10. The first-order chi connectivity index (χ1) is 7.74. The van der Waals surface area contributed by atoms with Gasteiger partial charge in [-0.05, 0) is 12.8 Å². The standard InChI is InChI=1S/C11H17NO4/c1-15-11(14)9-3-2-8(9)10(13)12-4-6-16-7-5-12/h8-9H,2-7H2,1H3/t8-,9+/m1/s1. The number of ether oxygens (including phenoxy) is 2. The second-order valence-electron chi connectivity index (χ2n) is 4.25. The van der Waals surface area contributed by atoms with Gasteiger partial charge in [0, 0.05) is 13.1 Å². The lowest BCUT2D eigenvalue weighted by atomic mass is 9.73. The fourth-order valence-corrected chi connectivity index (χ4v) is 2.25. The van der Waals surface area contributed by atoms with Gasteiger partial charge in [-0.15, -0.1) is 0 Å². The summed E-state index contributed by atoms with van der Waals surface area (Å²) in [5, 5.41) is 0. The molecule has 2 aliphatic rings. The van der Waals surface area contributed by atoms with Crippen molar-refractivity contribution in [2.45, 2.75) is 12.8 Å². The van der Waals surface area contributed by atoms with E-state index in [2.05, 4.69) is 4.74 Å². The van der Waals surface area contributed by atoms with Crippen LogP contribution in [0.3, 0.4) is 0 Å². The summed E-state index contributed by atoms with van der Waals surface area (Å²) in [6.45, 7) is 2.48. The number of morpholine rings is 1. The molecule has 2 rings (SSSR count). The second-order valence-corrected chi connectivity index (χ2v) is 4.25. The van der Waals surface area contributed by atoms with Crippen molar-refractivity contribution < 1.29 is 19.1 Å². The van der Waals surface area contributed by atoms with Crippen molar-refractivity contribution in [3.8, 4) is 0 Å². The lowest BCUT2D eigenvalue weighted by Crippen LogP contribution is -2.49. The predicted octanol–water partition coefficient (Wildman–Crippen LogP) is 0.0444. The molecule has 0 aromatic rings. The number of rotatable bonds is 2. The SMILES string of the molecule is COC(=O)[C@H]1CC[C@H]1C(=O)N1CCOCC1. The average Bonchev–Trinajstić information content (AvgIpc) is 2.28. The Kier molecular flexibility index (Phi) is 3.43. The van der Waals surface area contributed by atoms with Crippen molar-refractivity contribution in [2.24, 2.45) is 11.8 Å². The third kappa shape index (κ3) is 2.04. The molecule has 1 amide bonds. The van der Waals surface area contributed by atoms with Gasteiger partial charge in [-0.3, -0.25) is 9.59 Å². The number of esters is 1. The molecular weight excluding hydrogens is 210 g/mol. The van der Waals surface area contributed by atoms with Crippen molar-refractivity contribution in [3.63, 3.8) is 0 Å². The van der Waals surface area contributed by atoms with Crippen LogP contribution in [-0.4, -0.2) is 50.2 Å². The van der Waals surface area contributed by atoms with Crippen molar-refractivity contribution >= 4 is 11.9 Å². The topological polar surface area (TPSA) is 55.8 Å². The van der Waals surface area contributed by atoms with E-state index in [-0.39, 0.29) is 23.7 Å². The van der Waals surface area contributed by atoms with Gasteiger partial charge in [-0.25, -0.2) is 0 Å². The molecule has 2 atom stereocenters. The third-order valence-electron chi connectivity index (χ3n) is 3.42. The molecule has 5 heteroatoms. The Morgan fingerprint density at radius 2 is 1.81 bits per heavy atom. The number of amides is 1. The Balaban J connectivity index is 1.91. The zero-order valence-corrected chi connectivity index (χ0v) is 9.48. The summed E-state index contributed by atoms with van der Waals surface area (Å²) in [7, 11) is 1.37. The molecule has 1 saturated heterocycles. The minimum absolute atomic E-state index is 0.0879. The third-order valence-corrected chi connectivity index (χ3v) is 3.42. The molecule has 0 radical (unpaired) electrons. The van der Waals surface area contributed by atoms with E-state index in [1.54, 1.807) is 4.90 Å². The minimum atomic E-state index is -0.252. The Labute approximate surface area is 94.7 Å². The van der Waals surface area contributed by atoms with E-state index < -0.39 is 0 Å². The van der Waals surface area contributed by atoms with E-state index in [0.29, 0.717) is 26.3 Å². The van der Waals surface area contributed by atoms with Crippen LogP contribution < -0.4 is 0 Å². The first kappa shape index (κ1) is 11.4. The number of nitrogens with zero attached hydrogens (tertiary/aromatic N) is 1. The van der Waals surface area contributed by atoms with Gasteiger partial charge in [0.15, 0.2) is 0 Å². The van der Waals surface area contributed by atoms with Crippen LogP contribution in [0, 0.1) is 11.8 Å². The largest absolute Gasteiger partial charge is 0.469 e. The summed E-state index contributed by atoms with van der Waals surface area (Å²) in [5.74, 6) is -0.547. The normalized spacial score (nSPS) is 29.4. The predicted molar refractivity (Wildman–Crippen MR) is 55.6 cm³/mol. The van der Waals surface area contributed by atoms with Crippen LogP contribution in [0.5, 0.6) is 0 Å². The van der Waals surface area contributed by atoms with Crippen LogP contribution in [0.15, 0.2) is 0 Å². The minimum Gasteiger partial charge on any atom is -0.469 e. The molecule has 90 valence electrons. The summed E-state index contributed by atoms with van der Waals surface area (Å²) in [5.41, 5.74) is 0. The van der Waals surface area contributed by atoms with Gasteiger partial charge < -0.3 is 14.4 Å². The fraction of sp³-hybridized carbons (Fsp3) is 0.818. The van der Waals surface area contributed by atoms with E-state index >= 15 is 0 Å². The number of methoxy groups -OCH3 is 1. The van der Waals surface area contributed by atoms with Gasteiger partial charge in [0.2, 0.25) is 5.91 Å². The van der Waals surface area contributed by atoms with Gasteiger partial charge in [0.05, 0.1) is 32.2 Å². The summed E-state index contributed by atoms with van der Waals surface area (Å²) < 4.78 is 9.88. The first-order valence-electron chi connectivity index (χ1n) is 5.68. The van der Waals surface area contributed by atoms with Crippen molar-refractivity contribution in [2.75, 3.05) is 33.4 Å². The van der Waals surface area contributed by atoms with E-state index in [0.717, 1.165) is 12.8 Å². The zero-order valence-electron chi connectivity index (χ0n) is 9.48. The number of hydrogen-bond donors (Lipinski definition) is 0. The van der Waals surface area contributed by atoms with Crippen LogP contribution in [0.1, 0.15) is 12.8 Å². The van der Waals surface area contributed by atoms with E-state index in [4.69, 9.17) is 4.74 Å². The molecule has 0 N–H and O–H groups in total. The summed E-state index contributed by atoms with van der Waals surface area (Å²) in [6.07, 6.45) is 1.57. The highest BCUT2D eigenvalue weighted by molar-refractivity contribution is 5.87. The Morgan fingerprint density at radius 3 is 2.31 bits per heavy atom. The van der Waals surface area contributed by atoms with Crippen LogP contribution in [0.25, 0.3) is 0 Å². The summed E-state index contributed by atoms with van der Waals surface area (Å²) in [6, 6.07) is 0. The highest BCUT2D eigenvalue weighted by Gasteiger charge is 2.43. The van der Waals surface area contributed by atoms with Gasteiger partial charge in [-0.1, -0.05) is 0 Å². The van der Waals surface area contributed by atoms with Crippen LogP contribution >= 0.6 is 0 Å². The monoisotopic (exact) mass is 227 g/mol. The second kappa shape index (κ2) is 4.82. The number of carbonyl (C=O) groups is 2. The maximum atomic E-state index is 12.1. The summed E-state index contributed by atoms with van der Waals surface area (Å²) in [4.78, 5) is 25.2. The van der Waals surface area contributed by atoms with Crippen LogP contribution in [0.2, 0.25) is 0 Å². The molecule has 1 saturated carbocycles. The highest BCUT2D eigenvalue weighted by atomic mass is 16.5. The smallest absolute Gasteiger partial charge is 0.309 e. The quantitative estimate of drug-likeness (QED) is 0.625. The molecule has 0 spiro atoms. The van der Waals surface area contributed by atoms with Crippen molar-refractivity contribution in [3.05, 3.63) is 0 Å². The average molecular weight is 227 g/mol. The zero-order chi connectivity index (χ0) is 11.5. The molecule has 1 heterocycles. The highest BCUT2D eigenvalue weighted by Crippen LogP contribution is 2.36. The van der Waals surface area contributed by atoms with E-state index in [1.807, 2.05) is 0 Å². The molecule has 1 aliphatic carbocycles. The molecule has 0 bridgehead atoms. The van der Waals surface area contributed by atoms with Gasteiger partial charge >= 0.3 is 5.97 Å². The fourth-order valence-electron chi connectivity index (χ4n) is 2.25. The van der Waals surface area contributed by atoms with Crippen molar-refractivity contribution in [1.29, 1.82) is 0 Å². The lowest BCUT2D eigenvalue weighted by molar-refractivity contribution is -0.160. The van der Waals surface area contributed by atoms with E-state index in [9.17, 15) is 9.59 Å². The van der Waals surface area contributed by atoms with E-state index in [1.165, 1.54) is 7.11 Å². The number of carbonyl (C=O) groups excluding carboxylic acids is 2. The maximum Gasteiger partial charge on any atom is 0.309 e. The molecule has 0 aromatic heterocycles. The van der Waals surface area contributed by atoms with Crippen LogP contribution in [-0.2, 0) is 19.1 Å². The molecule has 2 fully saturated rings. The first-order valence-corrected chi connectivity index (χ1v) is 5.68. The molecule has 0 unspecified atom stereocenters. The Bertz CT molecular complexity index is 286. The lowest BCUT2D eigenvalue weighted by Gasteiger charge is -2.38. The van der Waals surface area contributed by atoms with Crippen molar-refractivity contribution in [1.82, 2.24) is 4.90 Å². The molecule has 16 heavy (non-hydrogen) atoms. The molecular formula is C11H17NO4. The molecule has 1 aliphatic heterocycles. The molecule has 5 nitrogen and oxygen atoms in total. The van der Waals surface area contributed by atoms with Crippen LogP contribution in [0.4, 0.5) is 0 Å². The Morgan fingerprint density at radius 1 is 1.19 bits per heavy atom.